The summed E-state index contributed by atoms with van der Waals surface area (Å²) < 4.78 is 6.84. The standard InChI is InChI=1S/C21H22N4O3S/c1-15-12-18(24-28-15)22-21(27)16(2)29-14-20(26)23-19-10-6-7-11-25(19)13-17-8-4-3-5-9-17/h3-12,16H,13-14H2,1-2H3,(H,22,24,27). The molecule has 0 saturated heterocycles. The summed E-state index contributed by atoms with van der Waals surface area (Å²) in [6, 6.07) is 17.2. The molecule has 3 aromatic rings. The third-order valence-electron chi connectivity index (χ3n) is 4.06. The second-order valence-electron chi connectivity index (χ2n) is 6.44. The lowest BCUT2D eigenvalue weighted by atomic mass is 10.2. The first-order valence-corrected chi connectivity index (χ1v) is 10.2. The van der Waals surface area contributed by atoms with Crippen LogP contribution in [0.15, 0.2) is 70.3 Å². The molecule has 3 rings (SSSR count). The van der Waals surface area contributed by atoms with Crippen LogP contribution in [0.5, 0.6) is 0 Å². The van der Waals surface area contributed by atoms with Gasteiger partial charge in [0, 0.05) is 18.8 Å². The molecule has 0 aliphatic carbocycles. The maximum atomic E-state index is 12.3. The third-order valence-corrected chi connectivity index (χ3v) is 5.18. The summed E-state index contributed by atoms with van der Waals surface area (Å²) in [5.41, 5.74) is 1.70. The van der Waals surface area contributed by atoms with Crippen molar-refractivity contribution in [2.24, 2.45) is 4.99 Å². The molecule has 0 bridgehead atoms. The molecule has 7 nitrogen and oxygen atoms in total. The summed E-state index contributed by atoms with van der Waals surface area (Å²) >= 11 is 1.22. The second kappa shape index (κ2) is 9.88. The minimum atomic E-state index is -0.432. The van der Waals surface area contributed by atoms with E-state index in [4.69, 9.17) is 4.52 Å². The van der Waals surface area contributed by atoms with Crippen molar-refractivity contribution >= 4 is 29.4 Å². The number of hydrogen-bond acceptors (Lipinski definition) is 5. The van der Waals surface area contributed by atoms with E-state index in [9.17, 15) is 9.59 Å². The van der Waals surface area contributed by atoms with E-state index in [0.29, 0.717) is 23.6 Å². The summed E-state index contributed by atoms with van der Waals surface area (Å²) in [5, 5.41) is 5.96. The molecule has 0 radical (unpaired) electrons. The average molecular weight is 410 g/mol. The van der Waals surface area contributed by atoms with Crippen molar-refractivity contribution in [2.75, 3.05) is 11.1 Å². The van der Waals surface area contributed by atoms with Gasteiger partial charge in [0.15, 0.2) is 5.82 Å². The van der Waals surface area contributed by atoms with Crippen LogP contribution < -0.4 is 10.8 Å². The number of hydrogen-bond donors (Lipinski definition) is 1. The van der Waals surface area contributed by atoms with Crippen LogP contribution in [0.25, 0.3) is 0 Å². The van der Waals surface area contributed by atoms with E-state index in [0.717, 1.165) is 5.56 Å². The minimum Gasteiger partial charge on any atom is -0.360 e. The highest BCUT2D eigenvalue weighted by Gasteiger charge is 2.16. The van der Waals surface area contributed by atoms with E-state index < -0.39 is 5.25 Å². The quantitative estimate of drug-likeness (QED) is 0.647. The number of carbonyl (C=O) groups excluding carboxylic acids is 2. The Morgan fingerprint density at radius 1 is 1.21 bits per heavy atom. The van der Waals surface area contributed by atoms with E-state index in [1.54, 1.807) is 26.0 Å². The Morgan fingerprint density at radius 2 is 1.97 bits per heavy atom. The fraction of sp³-hybridized carbons (Fsp3) is 0.238. The Bertz CT molecular complexity index is 1040. The van der Waals surface area contributed by atoms with E-state index in [1.807, 2.05) is 53.2 Å². The van der Waals surface area contributed by atoms with Gasteiger partial charge in [0.05, 0.1) is 11.0 Å². The van der Waals surface area contributed by atoms with Gasteiger partial charge in [0.2, 0.25) is 5.91 Å². The molecule has 0 fully saturated rings. The first-order valence-electron chi connectivity index (χ1n) is 9.14. The number of thioether (sulfide) groups is 1. The van der Waals surface area contributed by atoms with Gasteiger partial charge in [-0.25, -0.2) is 0 Å². The topological polar surface area (TPSA) is 89.5 Å². The molecular weight excluding hydrogens is 388 g/mol. The monoisotopic (exact) mass is 410 g/mol. The number of carbonyl (C=O) groups is 2. The molecule has 150 valence electrons. The summed E-state index contributed by atoms with van der Waals surface area (Å²) in [5.74, 6) is 0.547. The van der Waals surface area contributed by atoms with Crippen LogP contribution in [-0.2, 0) is 16.1 Å². The molecule has 2 aromatic heterocycles. The Kier molecular flexibility index (Phi) is 7.02. The van der Waals surface area contributed by atoms with Crippen LogP contribution in [0.2, 0.25) is 0 Å². The van der Waals surface area contributed by atoms with Crippen LogP contribution in [0, 0.1) is 6.92 Å². The highest BCUT2D eigenvalue weighted by atomic mass is 32.2. The SMILES string of the molecule is Cc1cc(NC(=O)C(C)SCC(=O)N=c2ccccn2Cc2ccccc2)no1. The first-order chi connectivity index (χ1) is 14.0. The zero-order chi connectivity index (χ0) is 20.6. The number of rotatable bonds is 7. The van der Waals surface area contributed by atoms with Gasteiger partial charge in [-0.2, -0.15) is 4.99 Å². The summed E-state index contributed by atoms with van der Waals surface area (Å²) in [4.78, 5) is 28.8. The molecular formula is C21H22N4O3S. The molecule has 2 amide bonds. The number of amides is 2. The number of aryl methyl sites for hydroxylation is 1. The number of benzene rings is 1. The van der Waals surface area contributed by atoms with E-state index in [1.165, 1.54) is 11.8 Å². The lowest BCUT2D eigenvalue weighted by Gasteiger charge is -2.09. The zero-order valence-corrected chi connectivity index (χ0v) is 17.1. The molecule has 29 heavy (non-hydrogen) atoms. The van der Waals surface area contributed by atoms with Crippen molar-refractivity contribution in [1.29, 1.82) is 0 Å². The van der Waals surface area contributed by atoms with Gasteiger partial charge >= 0.3 is 0 Å². The van der Waals surface area contributed by atoms with Crippen LogP contribution in [0.1, 0.15) is 18.2 Å². The molecule has 0 aliphatic heterocycles. The van der Waals surface area contributed by atoms with Crippen molar-refractivity contribution < 1.29 is 14.1 Å². The van der Waals surface area contributed by atoms with Gasteiger partial charge in [-0.3, -0.25) is 9.59 Å². The van der Waals surface area contributed by atoms with Crippen molar-refractivity contribution in [2.45, 2.75) is 25.6 Å². The van der Waals surface area contributed by atoms with Gasteiger partial charge in [-0.15, -0.1) is 11.8 Å². The number of aromatic nitrogens is 2. The Balaban J connectivity index is 1.59. The first kappa shape index (κ1) is 20.6. The molecule has 1 aromatic carbocycles. The summed E-state index contributed by atoms with van der Waals surface area (Å²) in [7, 11) is 0. The highest BCUT2D eigenvalue weighted by Crippen LogP contribution is 2.14. The van der Waals surface area contributed by atoms with Gasteiger partial charge in [-0.05, 0) is 31.5 Å². The number of nitrogens with one attached hydrogen (secondary N) is 1. The van der Waals surface area contributed by atoms with Gasteiger partial charge < -0.3 is 14.4 Å². The van der Waals surface area contributed by atoms with Crippen LogP contribution in [0.4, 0.5) is 5.82 Å². The highest BCUT2D eigenvalue weighted by molar-refractivity contribution is 8.01. The number of anilines is 1. The molecule has 2 heterocycles. The Hall–Kier alpha value is -3.13. The molecule has 1 unspecified atom stereocenters. The third kappa shape index (κ3) is 6.18. The van der Waals surface area contributed by atoms with Gasteiger partial charge in [-0.1, -0.05) is 41.6 Å². The van der Waals surface area contributed by atoms with E-state index in [2.05, 4.69) is 15.5 Å². The van der Waals surface area contributed by atoms with Crippen LogP contribution >= 0.6 is 11.8 Å². The van der Waals surface area contributed by atoms with Crippen molar-refractivity contribution in [1.82, 2.24) is 9.72 Å². The predicted octanol–water partition coefficient (Wildman–Crippen LogP) is 3.02. The van der Waals surface area contributed by atoms with Crippen molar-refractivity contribution in [3.63, 3.8) is 0 Å². The Morgan fingerprint density at radius 3 is 2.69 bits per heavy atom. The lowest BCUT2D eigenvalue weighted by molar-refractivity contribution is -0.115. The summed E-state index contributed by atoms with van der Waals surface area (Å²) in [6.45, 7) is 4.10. The maximum Gasteiger partial charge on any atom is 0.257 e. The van der Waals surface area contributed by atoms with Gasteiger partial charge in [0.1, 0.15) is 11.2 Å². The zero-order valence-electron chi connectivity index (χ0n) is 16.2. The van der Waals surface area contributed by atoms with E-state index in [-0.39, 0.29) is 17.6 Å². The largest absolute Gasteiger partial charge is 0.360 e. The second-order valence-corrected chi connectivity index (χ2v) is 7.77. The molecule has 0 aliphatic rings. The molecule has 1 atom stereocenters. The predicted molar refractivity (Wildman–Crippen MR) is 112 cm³/mol. The Labute approximate surface area is 172 Å². The lowest BCUT2D eigenvalue weighted by Crippen LogP contribution is -2.25. The number of pyridine rings is 1. The maximum absolute atomic E-state index is 12.3. The van der Waals surface area contributed by atoms with Crippen LogP contribution in [-0.4, -0.2) is 32.5 Å². The normalized spacial score (nSPS) is 12.6. The van der Waals surface area contributed by atoms with E-state index >= 15 is 0 Å². The minimum absolute atomic E-state index is 0.104. The molecule has 0 spiro atoms. The summed E-state index contributed by atoms with van der Waals surface area (Å²) in [6.07, 6.45) is 1.89. The number of nitrogens with zero attached hydrogens (tertiary/aromatic N) is 3. The molecule has 0 saturated carbocycles. The van der Waals surface area contributed by atoms with Crippen molar-refractivity contribution in [3.05, 3.63) is 77.6 Å². The van der Waals surface area contributed by atoms with Crippen molar-refractivity contribution in [3.8, 4) is 0 Å². The smallest absolute Gasteiger partial charge is 0.257 e. The average Bonchev–Trinajstić information content (AvgIpc) is 3.13. The van der Waals surface area contributed by atoms with Crippen LogP contribution in [0.3, 0.4) is 0 Å². The molecule has 1 N–H and O–H groups in total. The molecule has 8 heteroatoms. The fourth-order valence-corrected chi connectivity index (χ4v) is 3.24. The van der Waals surface area contributed by atoms with Gasteiger partial charge in [0.25, 0.3) is 5.91 Å². The fourth-order valence-electron chi connectivity index (χ4n) is 2.57.